The Bertz CT molecular complexity index is 583. The van der Waals surface area contributed by atoms with E-state index in [1.54, 1.807) is 7.11 Å². The summed E-state index contributed by atoms with van der Waals surface area (Å²) in [4.78, 5) is 0. The molecule has 0 bridgehead atoms. The Kier molecular flexibility index (Phi) is 4.25. The molecular formula is C17H23N3O. The monoisotopic (exact) mass is 285 g/mol. The molecule has 4 nitrogen and oxygen atoms in total. The quantitative estimate of drug-likeness (QED) is 0.938. The van der Waals surface area contributed by atoms with Crippen molar-refractivity contribution in [2.75, 3.05) is 20.2 Å². The number of aromatic nitrogens is 2. The van der Waals surface area contributed by atoms with Gasteiger partial charge in [-0.2, -0.15) is 5.10 Å². The predicted octanol–water partition coefficient (Wildman–Crippen LogP) is 2.49. The minimum absolute atomic E-state index is 0.647. The first kappa shape index (κ1) is 14.1. The third kappa shape index (κ3) is 3.27. The SMILES string of the molecule is COc1ccc(Cc2cc(C3CCNCC3)n(C)n2)cc1. The van der Waals surface area contributed by atoms with Gasteiger partial charge in [0.05, 0.1) is 12.8 Å². The van der Waals surface area contributed by atoms with Crippen LogP contribution in [0.15, 0.2) is 30.3 Å². The predicted molar refractivity (Wildman–Crippen MR) is 83.9 cm³/mol. The van der Waals surface area contributed by atoms with E-state index in [-0.39, 0.29) is 0 Å². The summed E-state index contributed by atoms with van der Waals surface area (Å²) in [5, 5.41) is 8.11. The van der Waals surface area contributed by atoms with Crippen molar-refractivity contribution in [3.8, 4) is 5.75 Å². The zero-order chi connectivity index (χ0) is 14.7. The van der Waals surface area contributed by atoms with Gasteiger partial charge in [-0.3, -0.25) is 4.68 Å². The first-order chi connectivity index (χ1) is 10.3. The molecule has 2 heterocycles. The summed E-state index contributed by atoms with van der Waals surface area (Å²) in [5.41, 5.74) is 3.79. The third-order valence-corrected chi connectivity index (χ3v) is 4.27. The number of nitrogens with one attached hydrogen (secondary N) is 1. The Balaban J connectivity index is 1.73. The maximum absolute atomic E-state index is 5.20. The molecule has 0 spiro atoms. The number of rotatable bonds is 4. The van der Waals surface area contributed by atoms with Crippen LogP contribution >= 0.6 is 0 Å². The van der Waals surface area contributed by atoms with Gasteiger partial charge in [0.25, 0.3) is 0 Å². The number of aryl methyl sites for hydroxylation is 1. The fraction of sp³-hybridized carbons (Fsp3) is 0.471. The van der Waals surface area contributed by atoms with Crippen LogP contribution in [0.1, 0.15) is 35.7 Å². The van der Waals surface area contributed by atoms with Gasteiger partial charge in [0.1, 0.15) is 5.75 Å². The van der Waals surface area contributed by atoms with E-state index < -0.39 is 0 Å². The highest BCUT2D eigenvalue weighted by atomic mass is 16.5. The summed E-state index contributed by atoms with van der Waals surface area (Å²) < 4.78 is 7.26. The van der Waals surface area contributed by atoms with Crippen molar-refractivity contribution in [2.24, 2.45) is 7.05 Å². The highest BCUT2D eigenvalue weighted by Crippen LogP contribution is 2.26. The maximum Gasteiger partial charge on any atom is 0.118 e. The number of ether oxygens (including phenoxy) is 1. The Morgan fingerprint density at radius 3 is 2.62 bits per heavy atom. The Morgan fingerprint density at radius 2 is 1.95 bits per heavy atom. The van der Waals surface area contributed by atoms with Gasteiger partial charge in [0.15, 0.2) is 0 Å². The van der Waals surface area contributed by atoms with E-state index in [0.29, 0.717) is 5.92 Å². The summed E-state index contributed by atoms with van der Waals surface area (Å²) in [6.07, 6.45) is 3.30. The smallest absolute Gasteiger partial charge is 0.118 e. The fourth-order valence-electron chi connectivity index (χ4n) is 3.08. The molecule has 2 aromatic rings. The second kappa shape index (κ2) is 6.31. The van der Waals surface area contributed by atoms with Crippen molar-refractivity contribution in [3.63, 3.8) is 0 Å². The molecule has 1 aliphatic rings. The highest BCUT2D eigenvalue weighted by molar-refractivity contribution is 5.30. The summed E-state index contributed by atoms with van der Waals surface area (Å²) in [6, 6.07) is 10.5. The van der Waals surface area contributed by atoms with Gasteiger partial charge < -0.3 is 10.1 Å². The standard InChI is InChI=1S/C17H23N3O/c1-20-17(14-7-9-18-10-8-14)12-15(19-20)11-13-3-5-16(21-2)6-4-13/h3-6,12,14,18H,7-11H2,1-2H3. The molecule has 1 saturated heterocycles. The normalized spacial score (nSPS) is 16.1. The van der Waals surface area contributed by atoms with Crippen LogP contribution in [0.4, 0.5) is 0 Å². The average molecular weight is 285 g/mol. The molecule has 1 aliphatic heterocycles. The molecule has 0 atom stereocenters. The molecule has 4 heteroatoms. The van der Waals surface area contributed by atoms with Gasteiger partial charge in [-0.1, -0.05) is 12.1 Å². The number of benzene rings is 1. The largest absolute Gasteiger partial charge is 0.497 e. The van der Waals surface area contributed by atoms with E-state index in [2.05, 4.69) is 40.3 Å². The minimum Gasteiger partial charge on any atom is -0.497 e. The number of nitrogens with zero attached hydrogens (tertiary/aromatic N) is 2. The summed E-state index contributed by atoms with van der Waals surface area (Å²) in [5.74, 6) is 1.54. The fourth-order valence-corrected chi connectivity index (χ4v) is 3.08. The van der Waals surface area contributed by atoms with E-state index in [0.717, 1.165) is 31.0 Å². The minimum atomic E-state index is 0.647. The molecule has 21 heavy (non-hydrogen) atoms. The van der Waals surface area contributed by atoms with E-state index in [9.17, 15) is 0 Å². The molecule has 0 amide bonds. The molecule has 0 saturated carbocycles. The van der Waals surface area contributed by atoms with E-state index in [1.165, 1.54) is 24.1 Å². The molecular weight excluding hydrogens is 262 g/mol. The van der Waals surface area contributed by atoms with E-state index in [4.69, 9.17) is 4.74 Å². The van der Waals surface area contributed by atoms with Gasteiger partial charge >= 0.3 is 0 Å². The molecule has 0 aliphatic carbocycles. The highest BCUT2D eigenvalue weighted by Gasteiger charge is 2.19. The Morgan fingerprint density at radius 1 is 1.24 bits per heavy atom. The van der Waals surface area contributed by atoms with Crippen molar-refractivity contribution in [1.82, 2.24) is 15.1 Å². The van der Waals surface area contributed by atoms with Crippen LogP contribution in [0.25, 0.3) is 0 Å². The van der Waals surface area contributed by atoms with Crippen molar-refractivity contribution >= 4 is 0 Å². The Labute approximate surface area is 126 Å². The molecule has 0 radical (unpaired) electrons. The van der Waals surface area contributed by atoms with Crippen LogP contribution in [0.5, 0.6) is 5.75 Å². The van der Waals surface area contributed by atoms with Crippen molar-refractivity contribution < 1.29 is 4.74 Å². The molecule has 1 fully saturated rings. The molecule has 0 unspecified atom stereocenters. The molecule has 1 aromatic carbocycles. The van der Waals surface area contributed by atoms with Gasteiger partial charge in [-0.15, -0.1) is 0 Å². The van der Waals surface area contributed by atoms with Crippen LogP contribution in [0.3, 0.4) is 0 Å². The van der Waals surface area contributed by atoms with Crippen LogP contribution in [0.2, 0.25) is 0 Å². The number of methoxy groups -OCH3 is 1. The number of piperidine rings is 1. The first-order valence-corrected chi connectivity index (χ1v) is 7.62. The molecule has 112 valence electrons. The topological polar surface area (TPSA) is 39.1 Å². The van der Waals surface area contributed by atoms with Gasteiger partial charge in [-0.05, 0) is 49.7 Å². The second-order valence-electron chi connectivity index (χ2n) is 5.73. The Hall–Kier alpha value is -1.81. The van der Waals surface area contributed by atoms with Gasteiger partial charge in [0, 0.05) is 25.1 Å². The second-order valence-corrected chi connectivity index (χ2v) is 5.73. The van der Waals surface area contributed by atoms with Gasteiger partial charge in [-0.25, -0.2) is 0 Å². The van der Waals surface area contributed by atoms with Crippen molar-refractivity contribution in [2.45, 2.75) is 25.2 Å². The number of hydrogen-bond donors (Lipinski definition) is 1. The molecule has 3 rings (SSSR count). The summed E-state index contributed by atoms with van der Waals surface area (Å²) in [6.45, 7) is 2.23. The first-order valence-electron chi connectivity index (χ1n) is 7.62. The van der Waals surface area contributed by atoms with Gasteiger partial charge in [0.2, 0.25) is 0 Å². The lowest BCUT2D eigenvalue weighted by molar-refractivity contribution is 0.414. The average Bonchev–Trinajstić information content (AvgIpc) is 2.89. The zero-order valence-corrected chi connectivity index (χ0v) is 12.8. The van der Waals surface area contributed by atoms with E-state index in [1.807, 2.05) is 12.1 Å². The van der Waals surface area contributed by atoms with Crippen LogP contribution < -0.4 is 10.1 Å². The maximum atomic E-state index is 5.20. The lowest BCUT2D eigenvalue weighted by atomic mass is 9.94. The third-order valence-electron chi connectivity index (χ3n) is 4.27. The van der Waals surface area contributed by atoms with Crippen molar-refractivity contribution in [3.05, 3.63) is 47.3 Å². The summed E-state index contributed by atoms with van der Waals surface area (Å²) in [7, 11) is 3.76. The lowest BCUT2D eigenvalue weighted by Gasteiger charge is -2.22. The van der Waals surface area contributed by atoms with Crippen LogP contribution in [0, 0.1) is 0 Å². The van der Waals surface area contributed by atoms with Crippen molar-refractivity contribution in [1.29, 1.82) is 0 Å². The zero-order valence-electron chi connectivity index (χ0n) is 12.8. The molecule has 1 N–H and O–H groups in total. The lowest BCUT2D eigenvalue weighted by Crippen LogP contribution is -2.27. The summed E-state index contributed by atoms with van der Waals surface area (Å²) >= 11 is 0. The number of hydrogen-bond acceptors (Lipinski definition) is 3. The molecule has 1 aromatic heterocycles. The van der Waals surface area contributed by atoms with Crippen LogP contribution in [-0.4, -0.2) is 30.0 Å². The van der Waals surface area contributed by atoms with E-state index >= 15 is 0 Å². The van der Waals surface area contributed by atoms with Crippen LogP contribution in [-0.2, 0) is 13.5 Å².